The molecule has 0 saturated heterocycles. The largest absolute Gasteiger partial charge is 1.00 e. The summed E-state index contributed by atoms with van der Waals surface area (Å²) < 4.78 is 14.6. The zero-order valence-corrected chi connectivity index (χ0v) is 14.1. The van der Waals surface area contributed by atoms with E-state index in [4.69, 9.17) is 4.89 Å². The smallest absolute Gasteiger partial charge is 0.241 e. The van der Waals surface area contributed by atoms with Gasteiger partial charge in [0.2, 0.25) is 0 Å². The standard InChI is InChI=1S/C10H11O4P.C6H5.Li/c1-6-4-7(2)9(8(3)5-6)10(11)14-15(12)13;1-2-4-6-5-3-1;/h4-5H,1-3H3;1-5H;/q;-1;+1/p+1. The summed E-state index contributed by atoms with van der Waals surface area (Å²) in [5.74, 6) is -0.756. The number of aryl methyl sites for hydroxylation is 3. The van der Waals surface area contributed by atoms with Crippen LogP contribution in [0.1, 0.15) is 27.0 Å². The third-order valence-corrected chi connectivity index (χ3v) is 2.97. The molecule has 6 heteroatoms. The Balaban J connectivity index is 0.000000529. The molecule has 0 amide bonds. The van der Waals surface area contributed by atoms with E-state index in [2.05, 4.69) is 10.6 Å². The number of rotatable bonds is 2. The topological polar surface area (TPSA) is 63.6 Å². The van der Waals surface area contributed by atoms with Gasteiger partial charge < -0.3 is 0 Å². The van der Waals surface area contributed by atoms with Crippen LogP contribution in [0.2, 0.25) is 0 Å². The summed E-state index contributed by atoms with van der Waals surface area (Å²) in [4.78, 5) is 19.9. The first kappa shape index (κ1) is 20.6. The Bertz CT molecular complexity index is 580. The van der Waals surface area contributed by atoms with Crippen molar-refractivity contribution >= 4 is 14.2 Å². The van der Waals surface area contributed by atoms with E-state index in [9.17, 15) is 9.36 Å². The molecule has 0 aliphatic heterocycles. The maximum absolute atomic E-state index is 11.4. The minimum Gasteiger partial charge on any atom is -0.241 e. The minimum absolute atomic E-state index is 0. The third-order valence-electron chi connectivity index (χ3n) is 2.65. The number of hydrogen-bond acceptors (Lipinski definition) is 3. The van der Waals surface area contributed by atoms with Crippen molar-refractivity contribution in [2.75, 3.05) is 0 Å². The van der Waals surface area contributed by atoms with Gasteiger partial charge in [0.15, 0.2) is 0 Å². The average Bonchev–Trinajstić information content (AvgIpc) is 2.39. The summed E-state index contributed by atoms with van der Waals surface area (Å²) in [5.41, 5.74) is 2.89. The Morgan fingerprint density at radius 3 is 1.91 bits per heavy atom. The van der Waals surface area contributed by atoms with Gasteiger partial charge in [-0.2, -0.15) is 40.9 Å². The Hall–Kier alpha value is -1.43. The van der Waals surface area contributed by atoms with Gasteiger partial charge in [-0.15, -0.1) is 4.89 Å². The van der Waals surface area contributed by atoms with Crippen LogP contribution < -0.4 is 18.9 Å². The fraction of sp³-hybridized carbons (Fsp3) is 0.188. The monoisotopic (exact) mass is 311 g/mol. The van der Waals surface area contributed by atoms with Gasteiger partial charge in [0, 0.05) is 4.57 Å². The normalized spacial score (nSPS) is 9.73. The Morgan fingerprint density at radius 1 is 1.09 bits per heavy atom. The van der Waals surface area contributed by atoms with Gasteiger partial charge >= 0.3 is 33.1 Å². The number of benzene rings is 2. The minimum atomic E-state index is -2.90. The van der Waals surface area contributed by atoms with Crippen molar-refractivity contribution < 1.29 is 37.6 Å². The Morgan fingerprint density at radius 2 is 1.59 bits per heavy atom. The van der Waals surface area contributed by atoms with Crippen molar-refractivity contribution in [1.29, 1.82) is 0 Å². The fourth-order valence-corrected chi connectivity index (χ4v) is 2.19. The van der Waals surface area contributed by atoms with Crippen LogP contribution in [0.25, 0.3) is 0 Å². The molecule has 1 unspecified atom stereocenters. The molecule has 2 aromatic carbocycles. The average molecular weight is 311 g/mol. The van der Waals surface area contributed by atoms with Crippen molar-refractivity contribution in [3.8, 4) is 0 Å². The molecule has 0 aliphatic carbocycles. The maximum Gasteiger partial charge on any atom is 1.00 e. The van der Waals surface area contributed by atoms with E-state index in [1.165, 1.54) is 0 Å². The second kappa shape index (κ2) is 10.3. The third kappa shape index (κ3) is 7.02. The molecule has 0 saturated carbocycles. The van der Waals surface area contributed by atoms with E-state index in [1.54, 1.807) is 13.8 Å². The van der Waals surface area contributed by atoms with Crippen molar-refractivity contribution in [1.82, 2.24) is 0 Å². The van der Waals surface area contributed by atoms with Crippen LogP contribution in [0.5, 0.6) is 0 Å². The fourth-order valence-electron chi connectivity index (χ4n) is 1.96. The molecule has 2 rings (SSSR count). The van der Waals surface area contributed by atoms with Crippen LogP contribution in [0, 0.1) is 26.8 Å². The zero-order chi connectivity index (χ0) is 15.8. The molecule has 2 aromatic rings. The first-order valence-electron chi connectivity index (χ1n) is 6.29. The number of carbonyl (C=O) groups excluding carboxylic acids is 1. The summed E-state index contributed by atoms with van der Waals surface area (Å²) in [7, 11) is -2.90. The molecule has 0 spiro atoms. The first-order chi connectivity index (χ1) is 9.91. The summed E-state index contributed by atoms with van der Waals surface area (Å²) in [5, 5.41) is 0. The second-order valence-electron chi connectivity index (χ2n) is 4.47. The van der Waals surface area contributed by atoms with E-state index in [-0.39, 0.29) is 18.9 Å². The molecule has 0 radical (unpaired) electrons. The molecule has 22 heavy (non-hydrogen) atoms. The summed E-state index contributed by atoms with van der Waals surface area (Å²) in [6.45, 7) is 5.45. The van der Waals surface area contributed by atoms with Gasteiger partial charge in [0.1, 0.15) is 0 Å². The number of carbonyl (C=O) groups is 1. The molecular weight excluding hydrogens is 294 g/mol. The van der Waals surface area contributed by atoms with E-state index < -0.39 is 14.2 Å². The molecule has 0 aromatic heterocycles. The Labute approximate surface area is 143 Å². The summed E-state index contributed by atoms with van der Waals surface area (Å²) in [6, 6.07) is 16.2. The SMILES string of the molecule is Cc1cc(C)c(C(=O)O[P+](=O)O)c(C)c1.[Li+].[c-]1ccccc1. The molecule has 110 valence electrons. The molecule has 0 bridgehead atoms. The van der Waals surface area contributed by atoms with Gasteiger partial charge in [-0.05, 0) is 31.9 Å². The van der Waals surface area contributed by atoms with Gasteiger partial charge in [-0.3, -0.25) is 0 Å². The van der Waals surface area contributed by atoms with Gasteiger partial charge in [-0.1, -0.05) is 17.7 Å². The molecule has 0 fully saturated rings. The molecule has 0 aliphatic rings. The van der Waals surface area contributed by atoms with Gasteiger partial charge in [-0.25, -0.2) is 4.79 Å². The van der Waals surface area contributed by atoms with Crippen LogP contribution in [0.4, 0.5) is 0 Å². The quantitative estimate of drug-likeness (QED) is 0.509. The van der Waals surface area contributed by atoms with E-state index >= 15 is 0 Å². The van der Waals surface area contributed by atoms with Crippen LogP contribution in [0.3, 0.4) is 0 Å². The molecule has 0 heterocycles. The van der Waals surface area contributed by atoms with Crippen molar-refractivity contribution in [2.24, 2.45) is 0 Å². The van der Waals surface area contributed by atoms with Crippen LogP contribution in [-0.4, -0.2) is 10.9 Å². The van der Waals surface area contributed by atoms with Crippen LogP contribution in [0.15, 0.2) is 42.5 Å². The predicted molar refractivity (Wildman–Crippen MR) is 81.2 cm³/mol. The predicted octanol–water partition coefficient (Wildman–Crippen LogP) is 0.909. The molecular formula is C16H17LiO4P+. The van der Waals surface area contributed by atoms with E-state index in [0.29, 0.717) is 5.56 Å². The van der Waals surface area contributed by atoms with Crippen LogP contribution in [-0.2, 0) is 9.09 Å². The van der Waals surface area contributed by atoms with Crippen molar-refractivity contribution in [3.63, 3.8) is 0 Å². The maximum atomic E-state index is 11.4. The van der Waals surface area contributed by atoms with E-state index in [1.807, 2.05) is 49.4 Å². The molecule has 1 N–H and O–H groups in total. The van der Waals surface area contributed by atoms with Crippen LogP contribution >= 0.6 is 8.25 Å². The molecule has 4 nitrogen and oxygen atoms in total. The van der Waals surface area contributed by atoms with Crippen molar-refractivity contribution in [3.05, 3.63) is 70.8 Å². The summed E-state index contributed by atoms with van der Waals surface area (Å²) in [6.07, 6.45) is 0. The number of hydrogen-bond donors (Lipinski definition) is 1. The Kier molecular flexibility index (Phi) is 9.65. The van der Waals surface area contributed by atoms with Gasteiger partial charge in [0.25, 0.3) is 0 Å². The zero-order valence-electron chi connectivity index (χ0n) is 13.2. The van der Waals surface area contributed by atoms with Gasteiger partial charge in [0.05, 0.1) is 5.56 Å². The summed E-state index contributed by atoms with van der Waals surface area (Å²) >= 11 is 0. The van der Waals surface area contributed by atoms with Crippen molar-refractivity contribution in [2.45, 2.75) is 20.8 Å². The molecule has 1 atom stereocenters. The second-order valence-corrected chi connectivity index (χ2v) is 5.13. The van der Waals surface area contributed by atoms with E-state index in [0.717, 1.165) is 16.7 Å². The first-order valence-corrected chi connectivity index (χ1v) is 7.42.